The van der Waals surface area contributed by atoms with Crippen molar-refractivity contribution >= 4 is 21.9 Å². The fourth-order valence-electron chi connectivity index (χ4n) is 3.45. The zero-order valence-corrected chi connectivity index (χ0v) is 19.3. The number of anilines is 1. The summed E-state index contributed by atoms with van der Waals surface area (Å²) in [6, 6.07) is 13.9. The highest BCUT2D eigenvalue weighted by atomic mass is 32.2. The van der Waals surface area contributed by atoms with E-state index in [1.807, 2.05) is 12.1 Å². The molecule has 2 aromatic carbocycles. The van der Waals surface area contributed by atoms with Crippen LogP contribution in [0.25, 0.3) is 0 Å². The third-order valence-electron chi connectivity index (χ3n) is 5.41. The van der Waals surface area contributed by atoms with Gasteiger partial charge in [0.15, 0.2) is 0 Å². The lowest BCUT2D eigenvalue weighted by Gasteiger charge is -2.26. The molecule has 1 aromatic heterocycles. The minimum Gasteiger partial charge on any atom is -0.407 e. The summed E-state index contributed by atoms with van der Waals surface area (Å²) in [5.74, 6) is 0.370. The van der Waals surface area contributed by atoms with Gasteiger partial charge in [0.25, 0.3) is 5.91 Å². The highest BCUT2D eigenvalue weighted by Gasteiger charge is 2.26. The summed E-state index contributed by atoms with van der Waals surface area (Å²) in [7, 11) is -3.62. The van der Waals surface area contributed by atoms with Gasteiger partial charge in [0, 0.05) is 18.7 Å². The van der Waals surface area contributed by atoms with Crippen molar-refractivity contribution in [3.8, 4) is 0 Å². The standard InChI is InChI=1S/C23H26N4O5S/c1-16(2)18-5-3-17(4-6-18)15-21-25-26-23(32-21)24-22(28)19-7-9-20(10-8-19)33(29,30)27-11-13-31-14-12-27/h3-10,16H,11-15H2,1-2H3,(H,24,26,28). The van der Waals surface area contributed by atoms with Gasteiger partial charge in [-0.2, -0.15) is 4.31 Å². The van der Waals surface area contributed by atoms with Gasteiger partial charge in [0.2, 0.25) is 15.9 Å². The van der Waals surface area contributed by atoms with E-state index in [1.165, 1.54) is 34.1 Å². The van der Waals surface area contributed by atoms with Crippen LogP contribution < -0.4 is 5.32 Å². The Balaban J connectivity index is 1.38. The van der Waals surface area contributed by atoms with Gasteiger partial charge in [0.05, 0.1) is 24.5 Å². The molecular weight excluding hydrogens is 444 g/mol. The molecule has 2 heterocycles. The molecule has 4 rings (SSSR count). The maximum absolute atomic E-state index is 12.7. The Morgan fingerprint density at radius 3 is 2.33 bits per heavy atom. The van der Waals surface area contributed by atoms with E-state index in [1.54, 1.807) is 0 Å². The van der Waals surface area contributed by atoms with Crippen molar-refractivity contribution in [3.63, 3.8) is 0 Å². The SMILES string of the molecule is CC(C)c1ccc(Cc2nnc(NC(=O)c3ccc(S(=O)(=O)N4CCOCC4)cc3)o2)cc1. The number of amides is 1. The number of rotatable bonds is 7. The van der Waals surface area contributed by atoms with Gasteiger partial charge in [0.1, 0.15) is 0 Å². The van der Waals surface area contributed by atoms with Crippen molar-refractivity contribution in [2.45, 2.75) is 31.1 Å². The Kier molecular flexibility index (Phi) is 6.87. The topological polar surface area (TPSA) is 115 Å². The molecule has 1 aliphatic heterocycles. The van der Waals surface area contributed by atoms with Gasteiger partial charge in [-0.1, -0.05) is 43.2 Å². The van der Waals surface area contributed by atoms with Crippen molar-refractivity contribution in [1.82, 2.24) is 14.5 Å². The molecule has 0 atom stereocenters. The summed E-state index contributed by atoms with van der Waals surface area (Å²) in [5, 5.41) is 10.4. The molecule has 1 amide bonds. The van der Waals surface area contributed by atoms with Gasteiger partial charge in [-0.15, -0.1) is 5.10 Å². The van der Waals surface area contributed by atoms with Crippen molar-refractivity contribution in [3.05, 3.63) is 71.1 Å². The number of sulfonamides is 1. The molecule has 0 radical (unpaired) electrons. The predicted octanol–water partition coefficient (Wildman–Crippen LogP) is 3.06. The van der Waals surface area contributed by atoms with Gasteiger partial charge in [-0.3, -0.25) is 10.1 Å². The number of ether oxygens (including phenoxy) is 1. The van der Waals surface area contributed by atoms with E-state index < -0.39 is 15.9 Å². The van der Waals surface area contributed by atoms with Crippen LogP contribution in [0, 0.1) is 0 Å². The molecule has 174 valence electrons. The Morgan fingerprint density at radius 2 is 1.70 bits per heavy atom. The molecule has 9 nitrogen and oxygen atoms in total. The Hall–Kier alpha value is -3.08. The lowest BCUT2D eigenvalue weighted by molar-refractivity contribution is 0.0730. The van der Waals surface area contributed by atoms with Crippen molar-refractivity contribution in [1.29, 1.82) is 0 Å². The van der Waals surface area contributed by atoms with Crippen LogP contribution in [-0.4, -0.2) is 55.1 Å². The number of carbonyl (C=O) groups excluding carboxylic acids is 1. The summed E-state index contributed by atoms with van der Waals surface area (Å²) in [5.41, 5.74) is 2.55. The molecule has 3 aromatic rings. The van der Waals surface area contributed by atoms with E-state index in [0.717, 1.165) is 5.56 Å². The van der Waals surface area contributed by atoms with Crippen LogP contribution in [0.3, 0.4) is 0 Å². The number of nitrogens with one attached hydrogen (secondary N) is 1. The number of benzene rings is 2. The first kappa shape index (κ1) is 23.1. The largest absolute Gasteiger partial charge is 0.407 e. The van der Waals surface area contributed by atoms with Gasteiger partial charge >= 0.3 is 6.01 Å². The maximum atomic E-state index is 12.7. The molecule has 10 heteroatoms. The fraction of sp³-hybridized carbons (Fsp3) is 0.348. The summed E-state index contributed by atoms with van der Waals surface area (Å²) in [6.45, 7) is 5.64. The first-order valence-corrected chi connectivity index (χ1v) is 12.2. The predicted molar refractivity (Wildman–Crippen MR) is 122 cm³/mol. The van der Waals surface area contributed by atoms with Gasteiger partial charge < -0.3 is 9.15 Å². The van der Waals surface area contributed by atoms with Crippen molar-refractivity contribution < 1.29 is 22.4 Å². The second-order valence-corrected chi connectivity index (χ2v) is 10.0. The van der Waals surface area contributed by atoms with E-state index in [0.29, 0.717) is 44.5 Å². The van der Waals surface area contributed by atoms with Crippen molar-refractivity contribution in [2.24, 2.45) is 0 Å². The Bertz CT molecular complexity index is 1200. The molecule has 0 bridgehead atoms. The molecular formula is C23H26N4O5S. The smallest absolute Gasteiger partial charge is 0.322 e. The monoisotopic (exact) mass is 470 g/mol. The van der Waals surface area contributed by atoms with Crippen LogP contribution in [0.2, 0.25) is 0 Å². The average molecular weight is 471 g/mol. The third kappa shape index (κ3) is 5.47. The molecule has 1 N–H and O–H groups in total. The highest BCUT2D eigenvalue weighted by Crippen LogP contribution is 2.19. The molecule has 0 spiro atoms. The van der Waals surface area contributed by atoms with Gasteiger partial charge in [-0.05, 0) is 41.3 Å². The second-order valence-electron chi connectivity index (χ2n) is 8.07. The van der Waals surface area contributed by atoms with Crippen LogP contribution in [0.4, 0.5) is 6.01 Å². The normalized spacial score (nSPS) is 15.0. The summed E-state index contributed by atoms with van der Waals surface area (Å²) < 4.78 is 37.5. The van der Waals surface area contributed by atoms with E-state index in [4.69, 9.17) is 9.15 Å². The average Bonchev–Trinajstić information content (AvgIpc) is 3.26. The summed E-state index contributed by atoms with van der Waals surface area (Å²) >= 11 is 0. The first-order valence-electron chi connectivity index (χ1n) is 10.7. The molecule has 1 saturated heterocycles. The number of morpholine rings is 1. The number of nitrogens with zero attached hydrogens (tertiary/aromatic N) is 3. The first-order chi connectivity index (χ1) is 15.8. The van der Waals surface area contributed by atoms with Crippen LogP contribution in [0.1, 0.15) is 47.1 Å². The molecule has 0 saturated carbocycles. The van der Waals surface area contributed by atoms with Gasteiger partial charge in [-0.25, -0.2) is 8.42 Å². The highest BCUT2D eigenvalue weighted by molar-refractivity contribution is 7.89. The minimum absolute atomic E-state index is 0.0150. The fourth-order valence-corrected chi connectivity index (χ4v) is 4.86. The van der Waals surface area contributed by atoms with Crippen LogP contribution in [0.15, 0.2) is 57.8 Å². The van der Waals surface area contributed by atoms with E-state index in [-0.39, 0.29) is 16.5 Å². The number of hydrogen-bond acceptors (Lipinski definition) is 7. The zero-order chi connectivity index (χ0) is 23.4. The number of aromatic nitrogens is 2. The summed E-state index contributed by atoms with van der Waals surface area (Å²) in [6.07, 6.45) is 0.454. The minimum atomic E-state index is -3.62. The molecule has 0 aliphatic carbocycles. The number of hydrogen-bond donors (Lipinski definition) is 1. The Labute approximate surface area is 192 Å². The second kappa shape index (κ2) is 9.82. The van der Waals surface area contributed by atoms with E-state index >= 15 is 0 Å². The lowest BCUT2D eigenvalue weighted by Crippen LogP contribution is -2.40. The maximum Gasteiger partial charge on any atom is 0.322 e. The Morgan fingerprint density at radius 1 is 1.03 bits per heavy atom. The quantitative estimate of drug-likeness (QED) is 0.564. The lowest BCUT2D eigenvalue weighted by atomic mass is 10.0. The van der Waals surface area contributed by atoms with E-state index in [2.05, 4.69) is 41.5 Å². The molecule has 1 aliphatic rings. The van der Waals surface area contributed by atoms with Crippen LogP contribution >= 0.6 is 0 Å². The molecule has 1 fully saturated rings. The van der Waals surface area contributed by atoms with Crippen LogP contribution in [0.5, 0.6) is 0 Å². The van der Waals surface area contributed by atoms with Crippen molar-refractivity contribution in [2.75, 3.05) is 31.6 Å². The molecule has 33 heavy (non-hydrogen) atoms. The zero-order valence-electron chi connectivity index (χ0n) is 18.5. The molecule has 0 unspecified atom stereocenters. The van der Waals surface area contributed by atoms with E-state index in [9.17, 15) is 13.2 Å². The third-order valence-corrected chi connectivity index (χ3v) is 7.33. The summed E-state index contributed by atoms with van der Waals surface area (Å²) in [4.78, 5) is 12.7. The number of carbonyl (C=O) groups is 1. The van der Waals surface area contributed by atoms with Crippen LogP contribution in [-0.2, 0) is 21.2 Å².